The van der Waals surface area contributed by atoms with E-state index in [1.54, 1.807) is 30.3 Å². The van der Waals surface area contributed by atoms with Crippen molar-refractivity contribution >= 4 is 0 Å². The van der Waals surface area contributed by atoms with E-state index in [0.29, 0.717) is 12.1 Å². The molecule has 3 nitrogen and oxygen atoms in total. The molecule has 2 atom stereocenters. The Morgan fingerprint density at radius 1 is 1.09 bits per heavy atom. The zero-order valence-electron chi connectivity index (χ0n) is 13.4. The fraction of sp³-hybridized carbons (Fsp3) is 0.368. The van der Waals surface area contributed by atoms with E-state index in [9.17, 15) is 14.6 Å². The molecule has 0 aliphatic heterocycles. The van der Waals surface area contributed by atoms with Gasteiger partial charge in [-0.3, -0.25) is 0 Å². The van der Waals surface area contributed by atoms with Crippen molar-refractivity contribution in [2.24, 2.45) is 0 Å². The van der Waals surface area contributed by atoms with Gasteiger partial charge in [0.15, 0.2) is 0 Å². The Balaban J connectivity index is 1.82. The van der Waals surface area contributed by atoms with Crippen molar-refractivity contribution in [1.29, 1.82) is 0 Å². The quantitative estimate of drug-likeness (QED) is 0.698. The third-order valence-corrected chi connectivity index (χ3v) is 4.07. The molecule has 0 spiro atoms. The fourth-order valence-corrected chi connectivity index (χ4v) is 2.59. The van der Waals surface area contributed by atoms with Gasteiger partial charge in [-0.25, -0.2) is 4.39 Å². The molecule has 0 amide bonds. The summed E-state index contributed by atoms with van der Waals surface area (Å²) in [6.45, 7) is 2.42. The summed E-state index contributed by atoms with van der Waals surface area (Å²) in [7, 11) is 0. The van der Waals surface area contributed by atoms with Crippen LogP contribution in [0.15, 0.2) is 48.5 Å². The van der Waals surface area contributed by atoms with Crippen LogP contribution in [0.5, 0.6) is 5.75 Å². The van der Waals surface area contributed by atoms with Gasteiger partial charge in [0.2, 0.25) is 0 Å². The maximum Gasteiger partial charge on any atom is 0.129 e. The van der Waals surface area contributed by atoms with E-state index in [1.807, 2.05) is 12.1 Å². The van der Waals surface area contributed by atoms with Gasteiger partial charge in [0, 0.05) is 18.2 Å². The van der Waals surface area contributed by atoms with E-state index in [2.05, 4.69) is 12.2 Å². The second-order valence-electron chi connectivity index (χ2n) is 5.76. The second-order valence-corrected chi connectivity index (χ2v) is 5.76. The highest BCUT2D eigenvalue weighted by molar-refractivity contribution is 5.26. The molecule has 0 unspecified atom stereocenters. The molecule has 0 aliphatic carbocycles. The summed E-state index contributed by atoms with van der Waals surface area (Å²) in [5, 5.41) is 22.7. The highest BCUT2D eigenvalue weighted by Gasteiger charge is 2.14. The molecule has 0 saturated carbocycles. The largest absolute Gasteiger partial charge is 0.508 e. The lowest BCUT2D eigenvalue weighted by molar-refractivity contribution is 0.164. The van der Waals surface area contributed by atoms with E-state index in [4.69, 9.17) is 0 Å². The van der Waals surface area contributed by atoms with Gasteiger partial charge in [-0.15, -0.1) is 0 Å². The molecule has 3 N–H and O–H groups in total. The highest BCUT2D eigenvalue weighted by atomic mass is 19.1. The Hall–Kier alpha value is -1.91. The molecule has 2 aromatic rings. The lowest BCUT2D eigenvalue weighted by atomic mass is 10.0. The smallest absolute Gasteiger partial charge is 0.129 e. The fourth-order valence-electron chi connectivity index (χ4n) is 2.59. The predicted octanol–water partition coefficient (Wildman–Crippen LogP) is 3.57. The van der Waals surface area contributed by atoms with E-state index in [-0.39, 0.29) is 17.6 Å². The number of benzene rings is 2. The van der Waals surface area contributed by atoms with Gasteiger partial charge < -0.3 is 15.5 Å². The number of phenols is 1. The lowest BCUT2D eigenvalue weighted by Gasteiger charge is -2.20. The van der Waals surface area contributed by atoms with Gasteiger partial charge >= 0.3 is 0 Å². The average Bonchev–Trinajstić information content (AvgIpc) is 2.56. The molecule has 4 heteroatoms. The summed E-state index contributed by atoms with van der Waals surface area (Å²) in [6.07, 6.45) is 1.90. The third kappa shape index (κ3) is 5.34. The number of rotatable bonds is 8. The Labute approximate surface area is 136 Å². The SMILES string of the molecule is CC[C@H](CCc1ccc(O)cc1)NC[C@@H](O)c1ccccc1F. The number of hydrogen-bond donors (Lipinski definition) is 3. The standard InChI is InChI=1S/C19H24FNO2/c1-2-15(10-7-14-8-11-16(22)12-9-14)21-13-19(23)17-5-3-4-6-18(17)20/h3-6,8-9,11-12,15,19,21-23H,2,7,10,13H2,1H3/t15-,19-/m1/s1. The minimum Gasteiger partial charge on any atom is -0.508 e. The first-order chi connectivity index (χ1) is 11.1. The minimum atomic E-state index is -0.848. The number of aromatic hydroxyl groups is 1. The van der Waals surface area contributed by atoms with Crippen molar-refractivity contribution in [2.75, 3.05) is 6.54 Å². The number of halogens is 1. The summed E-state index contributed by atoms with van der Waals surface area (Å²) in [6, 6.07) is 13.8. The van der Waals surface area contributed by atoms with E-state index in [0.717, 1.165) is 24.8 Å². The van der Waals surface area contributed by atoms with Gasteiger partial charge in [-0.2, -0.15) is 0 Å². The molecular formula is C19H24FNO2. The summed E-state index contributed by atoms with van der Waals surface area (Å²) in [5.74, 6) is -0.106. The van der Waals surface area contributed by atoms with Gasteiger partial charge in [0.1, 0.15) is 11.6 Å². The molecule has 0 heterocycles. The van der Waals surface area contributed by atoms with Crippen LogP contribution < -0.4 is 5.32 Å². The number of nitrogens with one attached hydrogen (secondary N) is 1. The van der Waals surface area contributed by atoms with Gasteiger partial charge in [0.05, 0.1) is 6.10 Å². The molecule has 0 aromatic heterocycles. The summed E-state index contributed by atoms with van der Waals surface area (Å²) >= 11 is 0. The topological polar surface area (TPSA) is 52.5 Å². The Bertz CT molecular complexity index is 601. The minimum absolute atomic E-state index is 0.255. The van der Waals surface area contributed by atoms with Crippen LogP contribution in [0.1, 0.15) is 37.0 Å². The number of aryl methyl sites for hydroxylation is 1. The molecule has 0 bridgehead atoms. The van der Waals surface area contributed by atoms with Gasteiger partial charge in [0.25, 0.3) is 0 Å². The van der Waals surface area contributed by atoms with Crippen LogP contribution in [0.25, 0.3) is 0 Å². The first-order valence-electron chi connectivity index (χ1n) is 8.04. The molecule has 0 radical (unpaired) electrons. The Morgan fingerprint density at radius 3 is 2.43 bits per heavy atom. The molecule has 23 heavy (non-hydrogen) atoms. The van der Waals surface area contributed by atoms with E-state index in [1.165, 1.54) is 6.07 Å². The third-order valence-electron chi connectivity index (χ3n) is 4.07. The Kier molecular flexibility index (Phi) is 6.56. The van der Waals surface area contributed by atoms with Crippen LogP contribution in [-0.4, -0.2) is 22.8 Å². The molecule has 0 aliphatic rings. The van der Waals surface area contributed by atoms with E-state index < -0.39 is 6.10 Å². The van der Waals surface area contributed by atoms with Gasteiger partial charge in [-0.1, -0.05) is 37.3 Å². The zero-order chi connectivity index (χ0) is 16.7. The first-order valence-corrected chi connectivity index (χ1v) is 8.04. The summed E-state index contributed by atoms with van der Waals surface area (Å²) in [4.78, 5) is 0. The molecular weight excluding hydrogens is 293 g/mol. The van der Waals surface area contributed by atoms with Crippen molar-refractivity contribution in [3.63, 3.8) is 0 Å². The van der Waals surface area contributed by atoms with Crippen molar-refractivity contribution in [1.82, 2.24) is 5.32 Å². The van der Waals surface area contributed by atoms with E-state index >= 15 is 0 Å². The first kappa shape index (κ1) is 17.4. The molecule has 2 aromatic carbocycles. The molecule has 124 valence electrons. The monoisotopic (exact) mass is 317 g/mol. The maximum atomic E-state index is 13.6. The van der Waals surface area contributed by atoms with Crippen LogP contribution >= 0.6 is 0 Å². The van der Waals surface area contributed by atoms with Crippen molar-refractivity contribution in [2.45, 2.75) is 38.3 Å². The molecule has 0 fully saturated rings. The second kappa shape index (κ2) is 8.65. The molecule has 2 rings (SSSR count). The van der Waals surface area contributed by atoms with Crippen molar-refractivity contribution < 1.29 is 14.6 Å². The number of hydrogen-bond acceptors (Lipinski definition) is 3. The van der Waals surface area contributed by atoms with Gasteiger partial charge in [-0.05, 0) is 43.0 Å². The lowest BCUT2D eigenvalue weighted by Crippen LogP contribution is -2.33. The van der Waals surface area contributed by atoms with Crippen LogP contribution in [0.2, 0.25) is 0 Å². The maximum absolute atomic E-state index is 13.6. The van der Waals surface area contributed by atoms with Crippen LogP contribution in [0.4, 0.5) is 4.39 Å². The van der Waals surface area contributed by atoms with Crippen molar-refractivity contribution in [3.05, 3.63) is 65.5 Å². The van der Waals surface area contributed by atoms with Crippen LogP contribution in [0, 0.1) is 5.82 Å². The summed E-state index contributed by atoms with van der Waals surface area (Å²) in [5.41, 5.74) is 1.49. The van der Waals surface area contributed by atoms with Crippen LogP contribution in [0.3, 0.4) is 0 Å². The highest BCUT2D eigenvalue weighted by Crippen LogP contribution is 2.17. The van der Waals surface area contributed by atoms with Crippen molar-refractivity contribution in [3.8, 4) is 5.75 Å². The zero-order valence-corrected chi connectivity index (χ0v) is 13.4. The Morgan fingerprint density at radius 2 is 1.78 bits per heavy atom. The molecule has 0 saturated heterocycles. The normalized spacial score (nSPS) is 13.7. The number of aliphatic hydroxyl groups excluding tert-OH is 1. The number of phenolic OH excluding ortho intramolecular Hbond substituents is 1. The van der Waals surface area contributed by atoms with Crippen LogP contribution in [-0.2, 0) is 6.42 Å². The predicted molar refractivity (Wildman–Crippen MR) is 89.9 cm³/mol. The number of aliphatic hydroxyl groups is 1. The average molecular weight is 317 g/mol. The summed E-state index contributed by atoms with van der Waals surface area (Å²) < 4.78 is 13.6.